The molecule has 2 nitrogen and oxygen atoms in total. The first kappa shape index (κ1) is 12.5. The van der Waals surface area contributed by atoms with Crippen LogP contribution in [0.15, 0.2) is 24.4 Å². The highest BCUT2D eigenvalue weighted by atomic mass is 28.4. The van der Waals surface area contributed by atoms with E-state index < -0.39 is 16.5 Å². The molecule has 0 saturated heterocycles. The van der Waals surface area contributed by atoms with Crippen molar-refractivity contribution in [3.8, 4) is 0 Å². The van der Waals surface area contributed by atoms with Gasteiger partial charge in [0.05, 0.1) is 0 Å². The first-order valence-electron chi connectivity index (χ1n) is 5.44. The quantitative estimate of drug-likeness (QED) is 0.749. The number of pyridine rings is 1. The van der Waals surface area contributed by atoms with Crippen molar-refractivity contribution in [3.05, 3.63) is 24.4 Å². The smallest absolute Gasteiger partial charge is 0.139 e. The van der Waals surface area contributed by atoms with Crippen LogP contribution in [0.2, 0.25) is 39.3 Å². The van der Waals surface area contributed by atoms with Crippen LogP contribution in [-0.2, 0) is 0 Å². The van der Waals surface area contributed by atoms with Gasteiger partial charge in [-0.1, -0.05) is 45.3 Å². The van der Waals surface area contributed by atoms with Gasteiger partial charge in [0.1, 0.15) is 22.3 Å². The van der Waals surface area contributed by atoms with Crippen LogP contribution in [0.4, 0.5) is 5.82 Å². The molecule has 0 fully saturated rings. The molecule has 0 N–H and O–H groups in total. The van der Waals surface area contributed by atoms with Crippen LogP contribution < -0.4 is 4.23 Å². The Hall–Kier alpha value is -0.616. The maximum Gasteiger partial charge on any atom is 0.139 e. The van der Waals surface area contributed by atoms with Gasteiger partial charge in [0.25, 0.3) is 0 Å². The van der Waals surface area contributed by atoms with Crippen molar-refractivity contribution >= 4 is 22.3 Å². The molecule has 0 aromatic carbocycles. The van der Waals surface area contributed by atoms with Crippen molar-refractivity contribution in [2.24, 2.45) is 0 Å². The second kappa shape index (κ2) is 4.10. The lowest BCUT2D eigenvalue weighted by Crippen LogP contribution is -2.59. The Morgan fingerprint density at radius 2 is 1.47 bits per heavy atom. The van der Waals surface area contributed by atoms with E-state index in [1.165, 1.54) is 0 Å². The average molecular weight is 238 g/mol. The van der Waals surface area contributed by atoms with Crippen LogP contribution in [0.3, 0.4) is 0 Å². The summed E-state index contributed by atoms with van der Waals surface area (Å²) in [7, 11) is -2.66. The third-order valence-electron chi connectivity index (χ3n) is 2.22. The van der Waals surface area contributed by atoms with Gasteiger partial charge in [0, 0.05) is 6.20 Å². The molecule has 1 aromatic rings. The number of hydrogen-bond donors (Lipinski definition) is 0. The fourth-order valence-electron chi connectivity index (χ4n) is 2.18. The molecule has 1 aromatic heterocycles. The Kier molecular flexibility index (Phi) is 3.40. The minimum absolute atomic E-state index is 1.16. The summed E-state index contributed by atoms with van der Waals surface area (Å²) in [6.45, 7) is 14.3. The molecular formula is C11H22N2Si2. The highest BCUT2D eigenvalue weighted by Gasteiger charge is 2.35. The minimum atomic E-state index is -1.33. The average Bonchev–Trinajstić information content (AvgIpc) is 2.00. The molecule has 15 heavy (non-hydrogen) atoms. The zero-order chi connectivity index (χ0) is 11.7. The summed E-state index contributed by atoms with van der Waals surface area (Å²) in [6.07, 6.45) is 1.89. The Bertz CT molecular complexity index is 298. The molecule has 1 rings (SSSR count). The number of nitrogens with zero attached hydrogens (tertiary/aromatic N) is 2. The molecule has 0 radical (unpaired) electrons. The number of rotatable bonds is 3. The lowest BCUT2D eigenvalue weighted by atomic mass is 10.5. The molecule has 0 aliphatic heterocycles. The number of aromatic nitrogens is 1. The van der Waals surface area contributed by atoms with Crippen molar-refractivity contribution in [2.75, 3.05) is 4.23 Å². The van der Waals surface area contributed by atoms with Crippen molar-refractivity contribution < 1.29 is 0 Å². The van der Waals surface area contributed by atoms with E-state index in [4.69, 9.17) is 0 Å². The lowest BCUT2D eigenvalue weighted by Gasteiger charge is -2.44. The van der Waals surface area contributed by atoms with Gasteiger partial charge in [-0.15, -0.1) is 0 Å². The second-order valence-electron chi connectivity index (χ2n) is 5.86. The summed E-state index contributed by atoms with van der Waals surface area (Å²) < 4.78 is 2.62. The fraction of sp³-hybridized carbons (Fsp3) is 0.545. The molecule has 4 heteroatoms. The van der Waals surface area contributed by atoms with Crippen LogP contribution in [0, 0.1) is 0 Å². The molecular weight excluding hydrogens is 216 g/mol. The largest absolute Gasteiger partial charge is 0.410 e. The minimum Gasteiger partial charge on any atom is -0.410 e. The maximum atomic E-state index is 4.51. The van der Waals surface area contributed by atoms with Crippen molar-refractivity contribution in [3.63, 3.8) is 0 Å². The van der Waals surface area contributed by atoms with Crippen molar-refractivity contribution in [1.82, 2.24) is 4.98 Å². The summed E-state index contributed by atoms with van der Waals surface area (Å²) in [5.74, 6) is 1.16. The third kappa shape index (κ3) is 3.17. The van der Waals surface area contributed by atoms with Gasteiger partial charge in [-0.2, -0.15) is 0 Å². The monoisotopic (exact) mass is 238 g/mol. The van der Waals surface area contributed by atoms with Crippen LogP contribution in [-0.4, -0.2) is 21.5 Å². The number of hydrogen-bond acceptors (Lipinski definition) is 2. The number of anilines is 1. The first-order valence-corrected chi connectivity index (χ1v) is 12.3. The van der Waals surface area contributed by atoms with E-state index in [1.54, 1.807) is 0 Å². The molecule has 1 heterocycles. The Morgan fingerprint density at radius 1 is 0.933 bits per heavy atom. The topological polar surface area (TPSA) is 16.1 Å². The van der Waals surface area contributed by atoms with E-state index in [-0.39, 0.29) is 0 Å². The summed E-state index contributed by atoms with van der Waals surface area (Å²) in [5.41, 5.74) is 0. The Labute approximate surface area is 95.5 Å². The molecule has 84 valence electrons. The van der Waals surface area contributed by atoms with Gasteiger partial charge in [0.2, 0.25) is 0 Å². The second-order valence-corrected chi connectivity index (χ2v) is 15.9. The van der Waals surface area contributed by atoms with Crippen LogP contribution in [0.5, 0.6) is 0 Å². The molecule has 0 spiro atoms. The first-order chi connectivity index (χ1) is 6.73. The zero-order valence-corrected chi connectivity index (χ0v) is 12.7. The maximum absolute atomic E-state index is 4.51. The van der Waals surface area contributed by atoms with Gasteiger partial charge in [-0.05, 0) is 12.1 Å². The van der Waals surface area contributed by atoms with Gasteiger partial charge in [-0.25, -0.2) is 4.98 Å². The zero-order valence-electron chi connectivity index (χ0n) is 10.7. The van der Waals surface area contributed by atoms with E-state index >= 15 is 0 Å². The third-order valence-corrected chi connectivity index (χ3v) is 9.39. The molecule has 0 aliphatic carbocycles. The van der Waals surface area contributed by atoms with Gasteiger partial charge < -0.3 is 4.23 Å². The molecule has 0 amide bonds. The van der Waals surface area contributed by atoms with E-state index in [0.717, 1.165) is 5.82 Å². The predicted molar refractivity (Wildman–Crippen MR) is 73.4 cm³/mol. The van der Waals surface area contributed by atoms with E-state index in [0.29, 0.717) is 0 Å². The van der Waals surface area contributed by atoms with E-state index in [2.05, 4.69) is 60.6 Å². The summed E-state index contributed by atoms with van der Waals surface area (Å²) in [5, 5.41) is 0. The van der Waals surface area contributed by atoms with Crippen LogP contribution >= 0.6 is 0 Å². The van der Waals surface area contributed by atoms with Crippen molar-refractivity contribution in [2.45, 2.75) is 39.3 Å². The molecule has 0 saturated carbocycles. The Balaban J connectivity index is 3.15. The SMILES string of the molecule is C[Si](C)(C)N(c1ccccn1)[Si](C)(C)C. The predicted octanol–water partition coefficient (Wildman–Crippen LogP) is 3.56. The van der Waals surface area contributed by atoms with Gasteiger partial charge in [-0.3, -0.25) is 0 Å². The normalized spacial score (nSPS) is 12.7. The van der Waals surface area contributed by atoms with Gasteiger partial charge >= 0.3 is 0 Å². The lowest BCUT2D eigenvalue weighted by molar-refractivity contribution is 1.23. The molecule has 0 aliphatic rings. The van der Waals surface area contributed by atoms with Crippen LogP contribution in [0.25, 0.3) is 0 Å². The summed E-state index contributed by atoms with van der Waals surface area (Å²) >= 11 is 0. The van der Waals surface area contributed by atoms with Gasteiger partial charge in [0.15, 0.2) is 0 Å². The van der Waals surface area contributed by atoms with Crippen molar-refractivity contribution in [1.29, 1.82) is 0 Å². The molecule has 0 atom stereocenters. The van der Waals surface area contributed by atoms with E-state index in [1.807, 2.05) is 12.3 Å². The van der Waals surface area contributed by atoms with Crippen LogP contribution in [0.1, 0.15) is 0 Å². The molecule has 0 unspecified atom stereocenters. The van der Waals surface area contributed by atoms with E-state index in [9.17, 15) is 0 Å². The molecule has 0 bridgehead atoms. The Morgan fingerprint density at radius 3 is 1.80 bits per heavy atom. The summed E-state index contributed by atoms with van der Waals surface area (Å²) in [4.78, 5) is 4.51. The highest BCUT2D eigenvalue weighted by Crippen LogP contribution is 2.25. The fourth-order valence-corrected chi connectivity index (χ4v) is 11.9. The highest BCUT2D eigenvalue weighted by molar-refractivity contribution is 6.99. The standard InChI is InChI=1S/C11H22N2Si2/c1-14(2,3)13(15(4,5)6)11-9-7-8-10-12-11/h7-10H,1-6H3. The summed E-state index contributed by atoms with van der Waals surface area (Å²) in [6, 6.07) is 6.20.